The predicted molar refractivity (Wildman–Crippen MR) is 59.9 cm³/mol. The van der Waals surface area contributed by atoms with E-state index in [0.717, 1.165) is 11.8 Å². The van der Waals surface area contributed by atoms with Crippen LogP contribution in [-0.2, 0) is 0 Å². The van der Waals surface area contributed by atoms with Crippen molar-refractivity contribution < 1.29 is 0 Å². The molecule has 2 atom stereocenters. The van der Waals surface area contributed by atoms with E-state index in [0.29, 0.717) is 0 Å². The van der Waals surface area contributed by atoms with Crippen LogP contribution in [0.15, 0.2) is 0 Å². The highest BCUT2D eigenvalue weighted by molar-refractivity contribution is 4.70. The molecule has 1 fully saturated rings. The third-order valence-electron chi connectivity index (χ3n) is 3.72. The Balaban J connectivity index is 2.19. The minimum Gasteiger partial charge on any atom is -0.0654 e. The van der Waals surface area contributed by atoms with Crippen LogP contribution in [0.3, 0.4) is 0 Å². The Morgan fingerprint density at radius 3 is 2.54 bits per heavy atom. The predicted octanol–water partition coefficient (Wildman–Crippen LogP) is 4.78. The normalized spacial score (nSPS) is 30.0. The Morgan fingerprint density at radius 1 is 1.00 bits per heavy atom. The van der Waals surface area contributed by atoms with Crippen LogP contribution in [0.2, 0.25) is 0 Å². The minimum atomic E-state index is 1.01. The van der Waals surface area contributed by atoms with E-state index in [1.54, 1.807) is 0 Å². The van der Waals surface area contributed by atoms with Gasteiger partial charge in [-0.2, -0.15) is 0 Å². The van der Waals surface area contributed by atoms with E-state index in [2.05, 4.69) is 13.8 Å². The van der Waals surface area contributed by atoms with Crippen LogP contribution in [0.1, 0.15) is 71.6 Å². The summed E-state index contributed by atoms with van der Waals surface area (Å²) < 4.78 is 0. The molecule has 0 aromatic carbocycles. The molecule has 0 amide bonds. The number of unbranched alkanes of at least 4 members (excludes halogenated alkanes) is 2. The molecule has 0 N–H and O–H groups in total. The molecule has 2 unspecified atom stereocenters. The van der Waals surface area contributed by atoms with E-state index >= 15 is 0 Å². The fourth-order valence-electron chi connectivity index (χ4n) is 2.66. The molecular formula is C13H26. The molecule has 0 nitrogen and oxygen atoms in total. The molecule has 0 aliphatic heterocycles. The number of rotatable bonds is 4. The van der Waals surface area contributed by atoms with Gasteiger partial charge in [-0.05, 0) is 11.8 Å². The van der Waals surface area contributed by atoms with E-state index in [1.807, 2.05) is 0 Å². The molecule has 0 aromatic heterocycles. The molecule has 0 spiro atoms. The standard InChI is InChI=1S/C13H26/c1-3-4-6-10-13-11-8-5-7-9-12(13)2/h12-13H,3-11H2,1-2H3. The van der Waals surface area contributed by atoms with Crippen LogP contribution in [0.4, 0.5) is 0 Å². The van der Waals surface area contributed by atoms with Crippen LogP contribution in [0.25, 0.3) is 0 Å². The number of hydrogen-bond acceptors (Lipinski definition) is 0. The molecule has 1 saturated carbocycles. The molecule has 0 radical (unpaired) electrons. The SMILES string of the molecule is CCCCCC1CCCCCC1C. The Hall–Kier alpha value is 0. The zero-order chi connectivity index (χ0) is 9.52. The second kappa shape index (κ2) is 6.45. The summed E-state index contributed by atoms with van der Waals surface area (Å²) in [6.07, 6.45) is 13.3. The van der Waals surface area contributed by atoms with E-state index in [1.165, 1.54) is 57.8 Å². The molecule has 78 valence electrons. The van der Waals surface area contributed by atoms with E-state index in [4.69, 9.17) is 0 Å². The average Bonchev–Trinajstić information content (AvgIpc) is 2.32. The molecule has 0 heteroatoms. The maximum absolute atomic E-state index is 2.47. The maximum atomic E-state index is 2.47. The lowest BCUT2D eigenvalue weighted by Gasteiger charge is -2.20. The summed E-state index contributed by atoms with van der Waals surface area (Å²) in [5, 5.41) is 0. The monoisotopic (exact) mass is 182 g/mol. The Labute approximate surface area is 84.1 Å². The summed E-state index contributed by atoms with van der Waals surface area (Å²) >= 11 is 0. The summed E-state index contributed by atoms with van der Waals surface area (Å²) in [7, 11) is 0. The van der Waals surface area contributed by atoms with Crippen molar-refractivity contribution in [1.82, 2.24) is 0 Å². The third-order valence-corrected chi connectivity index (χ3v) is 3.72. The summed E-state index contributed by atoms with van der Waals surface area (Å²) in [4.78, 5) is 0. The highest BCUT2D eigenvalue weighted by Gasteiger charge is 2.18. The average molecular weight is 182 g/mol. The Morgan fingerprint density at radius 2 is 1.77 bits per heavy atom. The van der Waals surface area contributed by atoms with Crippen molar-refractivity contribution >= 4 is 0 Å². The molecule has 1 rings (SSSR count). The third kappa shape index (κ3) is 4.15. The van der Waals surface area contributed by atoms with Gasteiger partial charge in [-0.15, -0.1) is 0 Å². The second-order valence-electron chi connectivity index (χ2n) is 4.87. The zero-order valence-electron chi connectivity index (χ0n) is 9.52. The topological polar surface area (TPSA) is 0 Å². The van der Waals surface area contributed by atoms with Crippen molar-refractivity contribution in [1.29, 1.82) is 0 Å². The molecule has 0 aromatic rings. The summed E-state index contributed by atoms with van der Waals surface area (Å²) in [5.41, 5.74) is 0. The van der Waals surface area contributed by atoms with Crippen molar-refractivity contribution in [2.45, 2.75) is 71.6 Å². The highest BCUT2D eigenvalue weighted by atomic mass is 14.2. The lowest BCUT2D eigenvalue weighted by Crippen LogP contribution is -2.09. The smallest absolute Gasteiger partial charge is 0.0388 e. The first kappa shape index (κ1) is 11.1. The fraction of sp³-hybridized carbons (Fsp3) is 1.00. The van der Waals surface area contributed by atoms with Gasteiger partial charge in [-0.25, -0.2) is 0 Å². The van der Waals surface area contributed by atoms with Gasteiger partial charge in [0.1, 0.15) is 0 Å². The van der Waals surface area contributed by atoms with E-state index in [-0.39, 0.29) is 0 Å². The van der Waals surface area contributed by atoms with Crippen molar-refractivity contribution in [3.05, 3.63) is 0 Å². The van der Waals surface area contributed by atoms with Crippen molar-refractivity contribution in [3.63, 3.8) is 0 Å². The van der Waals surface area contributed by atoms with E-state index in [9.17, 15) is 0 Å². The minimum absolute atomic E-state index is 1.01. The molecule has 13 heavy (non-hydrogen) atoms. The number of hydrogen-bond donors (Lipinski definition) is 0. The lowest BCUT2D eigenvalue weighted by atomic mass is 9.85. The summed E-state index contributed by atoms with van der Waals surface area (Å²) in [5.74, 6) is 2.08. The maximum Gasteiger partial charge on any atom is -0.0388 e. The first-order chi connectivity index (χ1) is 6.34. The molecule has 0 heterocycles. The quantitative estimate of drug-likeness (QED) is 0.433. The van der Waals surface area contributed by atoms with Crippen molar-refractivity contribution in [3.8, 4) is 0 Å². The molecule has 0 bridgehead atoms. The van der Waals surface area contributed by atoms with Gasteiger partial charge >= 0.3 is 0 Å². The van der Waals surface area contributed by atoms with Crippen LogP contribution >= 0.6 is 0 Å². The molecular weight excluding hydrogens is 156 g/mol. The molecule has 1 aliphatic carbocycles. The fourth-order valence-corrected chi connectivity index (χ4v) is 2.66. The van der Waals surface area contributed by atoms with Crippen LogP contribution in [-0.4, -0.2) is 0 Å². The van der Waals surface area contributed by atoms with Crippen LogP contribution in [0, 0.1) is 11.8 Å². The summed E-state index contributed by atoms with van der Waals surface area (Å²) in [6, 6.07) is 0. The second-order valence-corrected chi connectivity index (χ2v) is 4.87. The van der Waals surface area contributed by atoms with Gasteiger partial charge < -0.3 is 0 Å². The highest BCUT2D eigenvalue weighted by Crippen LogP contribution is 2.31. The van der Waals surface area contributed by atoms with Gasteiger partial charge in [0, 0.05) is 0 Å². The Bertz CT molecular complexity index is 117. The van der Waals surface area contributed by atoms with Gasteiger partial charge in [0.15, 0.2) is 0 Å². The molecule has 0 saturated heterocycles. The van der Waals surface area contributed by atoms with E-state index < -0.39 is 0 Å². The van der Waals surface area contributed by atoms with Gasteiger partial charge in [-0.3, -0.25) is 0 Å². The van der Waals surface area contributed by atoms with Gasteiger partial charge in [0.2, 0.25) is 0 Å². The van der Waals surface area contributed by atoms with Crippen molar-refractivity contribution in [2.75, 3.05) is 0 Å². The van der Waals surface area contributed by atoms with Gasteiger partial charge in [-0.1, -0.05) is 71.6 Å². The summed E-state index contributed by atoms with van der Waals surface area (Å²) in [6.45, 7) is 4.78. The lowest BCUT2D eigenvalue weighted by molar-refractivity contribution is 0.308. The molecule has 1 aliphatic rings. The van der Waals surface area contributed by atoms with Gasteiger partial charge in [0.05, 0.1) is 0 Å². The first-order valence-corrected chi connectivity index (χ1v) is 6.34. The van der Waals surface area contributed by atoms with Gasteiger partial charge in [0.25, 0.3) is 0 Å². The van der Waals surface area contributed by atoms with Crippen molar-refractivity contribution in [2.24, 2.45) is 11.8 Å². The van der Waals surface area contributed by atoms with Crippen LogP contribution < -0.4 is 0 Å². The largest absolute Gasteiger partial charge is 0.0654 e. The van der Waals surface area contributed by atoms with Crippen LogP contribution in [0.5, 0.6) is 0 Å². The zero-order valence-corrected chi connectivity index (χ0v) is 9.52. The first-order valence-electron chi connectivity index (χ1n) is 6.34. The Kier molecular flexibility index (Phi) is 5.50.